The number of nitrogen functional groups attached to an aromatic ring is 1. The predicted octanol–water partition coefficient (Wildman–Crippen LogP) is 3.85. The monoisotopic (exact) mass is 448 g/mol. The van der Waals surface area contributed by atoms with E-state index in [1.165, 1.54) is 19.2 Å². The van der Waals surface area contributed by atoms with Crippen molar-refractivity contribution in [1.82, 2.24) is 0 Å². The molecule has 0 fully saturated rings. The van der Waals surface area contributed by atoms with E-state index in [2.05, 4.69) is 0 Å². The molecule has 2 rings (SSSR count). The molecule has 0 heterocycles. The van der Waals surface area contributed by atoms with Crippen LogP contribution >= 0.6 is 0 Å². The molecule has 0 aliphatic carbocycles. The fourth-order valence-corrected chi connectivity index (χ4v) is 2.73. The molecule has 2 aromatic carbocycles. The Morgan fingerprint density at radius 3 is 1.75 bits per heavy atom. The van der Waals surface area contributed by atoms with Crippen LogP contribution in [0.3, 0.4) is 0 Å². The lowest BCUT2D eigenvalue weighted by molar-refractivity contribution is -0.385. The molecule has 10 nitrogen and oxygen atoms in total. The summed E-state index contributed by atoms with van der Waals surface area (Å²) in [4.78, 5) is 33.3. The highest BCUT2D eigenvalue weighted by Gasteiger charge is 2.23. The van der Waals surface area contributed by atoms with Gasteiger partial charge in [-0.25, -0.2) is 9.59 Å². The van der Waals surface area contributed by atoms with E-state index in [4.69, 9.17) is 24.7 Å². The second-order valence-electron chi connectivity index (χ2n) is 6.45. The van der Waals surface area contributed by atoms with Gasteiger partial charge in [0, 0.05) is 17.8 Å². The molecule has 32 heavy (non-hydrogen) atoms. The SMILES string of the molecule is CCOC(=O)c1cc(OC)c(C)cc1N.CCOC(=O)c1cc(OC)c(C)cc1[N+](=O)[O-]. The van der Waals surface area contributed by atoms with Crippen molar-refractivity contribution in [2.24, 2.45) is 0 Å². The molecule has 0 bridgehead atoms. The minimum atomic E-state index is -0.725. The van der Waals surface area contributed by atoms with Crippen molar-refractivity contribution in [2.75, 3.05) is 33.2 Å². The number of ether oxygens (including phenoxy) is 4. The van der Waals surface area contributed by atoms with Gasteiger partial charge in [-0.1, -0.05) is 0 Å². The van der Waals surface area contributed by atoms with E-state index in [-0.39, 0.29) is 17.9 Å². The van der Waals surface area contributed by atoms with Gasteiger partial charge in [0.05, 0.1) is 37.9 Å². The standard InChI is InChI=1S/C11H13NO5.C11H15NO3/c1-4-17-11(13)8-6-10(16-3)7(2)5-9(8)12(14)15;1-4-15-11(13)8-6-10(14-3)7(2)5-9(8)12/h5-6H,4H2,1-3H3;5-6H,4,12H2,1-3H3. The number of hydrogen-bond donors (Lipinski definition) is 1. The zero-order chi connectivity index (χ0) is 24.4. The largest absolute Gasteiger partial charge is 0.496 e. The first-order chi connectivity index (χ1) is 15.1. The van der Waals surface area contributed by atoms with Crippen LogP contribution in [-0.2, 0) is 9.47 Å². The maximum atomic E-state index is 11.6. The molecular weight excluding hydrogens is 420 g/mol. The minimum Gasteiger partial charge on any atom is -0.496 e. The quantitative estimate of drug-likeness (QED) is 0.289. The Kier molecular flexibility index (Phi) is 9.94. The number of aryl methyl sites for hydroxylation is 2. The summed E-state index contributed by atoms with van der Waals surface area (Å²) in [6.45, 7) is 7.40. The highest BCUT2D eigenvalue weighted by molar-refractivity contribution is 5.96. The Labute approximate surface area is 186 Å². The lowest BCUT2D eigenvalue weighted by Crippen LogP contribution is -2.09. The minimum absolute atomic E-state index is 0.0979. The number of anilines is 1. The van der Waals surface area contributed by atoms with Gasteiger partial charge in [-0.15, -0.1) is 0 Å². The number of carbonyl (C=O) groups excluding carboxylic acids is 2. The Morgan fingerprint density at radius 1 is 0.875 bits per heavy atom. The molecule has 0 amide bonds. The van der Waals surface area contributed by atoms with Crippen LogP contribution in [0.2, 0.25) is 0 Å². The zero-order valence-corrected chi connectivity index (χ0v) is 19.0. The summed E-state index contributed by atoms with van der Waals surface area (Å²) in [5, 5.41) is 10.8. The lowest BCUT2D eigenvalue weighted by Gasteiger charge is -2.10. The Hall–Kier alpha value is -3.82. The summed E-state index contributed by atoms with van der Waals surface area (Å²) in [6, 6.07) is 5.92. The number of rotatable bonds is 7. The van der Waals surface area contributed by atoms with Crippen molar-refractivity contribution < 1.29 is 33.5 Å². The van der Waals surface area contributed by atoms with Crippen LogP contribution in [0, 0.1) is 24.0 Å². The van der Waals surface area contributed by atoms with E-state index in [1.807, 2.05) is 6.92 Å². The van der Waals surface area contributed by atoms with Crippen molar-refractivity contribution in [3.63, 3.8) is 0 Å². The highest BCUT2D eigenvalue weighted by Crippen LogP contribution is 2.28. The maximum absolute atomic E-state index is 11.6. The van der Waals surface area contributed by atoms with Gasteiger partial charge in [0.15, 0.2) is 0 Å². The number of nitro groups is 1. The average Bonchev–Trinajstić information content (AvgIpc) is 2.74. The Balaban J connectivity index is 0.000000323. The van der Waals surface area contributed by atoms with Crippen molar-refractivity contribution in [2.45, 2.75) is 27.7 Å². The summed E-state index contributed by atoms with van der Waals surface area (Å²) in [5.74, 6) is -0.100. The molecule has 0 unspecified atom stereocenters. The van der Waals surface area contributed by atoms with Gasteiger partial charge >= 0.3 is 11.9 Å². The maximum Gasteiger partial charge on any atom is 0.345 e. The molecule has 174 valence electrons. The van der Waals surface area contributed by atoms with Gasteiger partial charge in [0.1, 0.15) is 17.1 Å². The van der Waals surface area contributed by atoms with Gasteiger partial charge in [0.2, 0.25) is 0 Å². The van der Waals surface area contributed by atoms with E-state index in [1.54, 1.807) is 40.0 Å². The third-order valence-corrected chi connectivity index (χ3v) is 4.27. The average molecular weight is 448 g/mol. The van der Waals surface area contributed by atoms with Crippen molar-refractivity contribution in [3.8, 4) is 11.5 Å². The topological polar surface area (TPSA) is 140 Å². The first-order valence-corrected chi connectivity index (χ1v) is 9.72. The van der Waals surface area contributed by atoms with E-state index in [9.17, 15) is 19.7 Å². The molecule has 0 saturated heterocycles. The van der Waals surface area contributed by atoms with E-state index < -0.39 is 16.9 Å². The normalized spacial score (nSPS) is 9.81. The summed E-state index contributed by atoms with van der Waals surface area (Å²) in [5.41, 5.74) is 7.58. The fourth-order valence-electron chi connectivity index (χ4n) is 2.73. The van der Waals surface area contributed by atoms with Crippen LogP contribution in [0.5, 0.6) is 11.5 Å². The number of hydrogen-bond acceptors (Lipinski definition) is 9. The van der Waals surface area contributed by atoms with Gasteiger partial charge in [0.25, 0.3) is 5.69 Å². The molecule has 10 heteroatoms. The van der Waals surface area contributed by atoms with Crippen LogP contribution in [0.15, 0.2) is 24.3 Å². The molecule has 0 aliphatic heterocycles. The van der Waals surface area contributed by atoms with Gasteiger partial charge in [-0.05, 0) is 51.0 Å². The van der Waals surface area contributed by atoms with E-state index in [0.29, 0.717) is 34.9 Å². The smallest absolute Gasteiger partial charge is 0.345 e. The zero-order valence-electron chi connectivity index (χ0n) is 19.0. The molecule has 0 saturated carbocycles. The van der Waals surface area contributed by atoms with Crippen LogP contribution in [0.1, 0.15) is 45.7 Å². The van der Waals surface area contributed by atoms with Gasteiger partial charge < -0.3 is 24.7 Å². The number of esters is 2. The van der Waals surface area contributed by atoms with Crippen LogP contribution in [0.4, 0.5) is 11.4 Å². The third-order valence-electron chi connectivity index (χ3n) is 4.27. The lowest BCUT2D eigenvalue weighted by atomic mass is 10.1. The molecule has 0 aromatic heterocycles. The summed E-state index contributed by atoms with van der Waals surface area (Å²) >= 11 is 0. The van der Waals surface area contributed by atoms with Crippen LogP contribution < -0.4 is 15.2 Å². The fraction of sp³-hybridized carbons (Fsp3) is 0.364. The molecule has 0 atom stereocenters. The molecule has 0 aliphatic rings. The van der Waals surface area contributed by atoms with E-state index in [0.717, 1.165) is 5.56 Å². The number of methoxy groups -OCH3 is 2. The van der Waals surface area contributed by atoms with E-state index >= 15 is 0 Å². The second-order valence-corrected chi connectivity index (χ2v) is 6.45. The Morgan fingerprint density at radius 2 is 1.31 bits per heavy atom. The number of carbonyl (C=O) groups is 2. The van der Waals surface area contributed by atoms with Gasteiger partial charge in [-0.2, -0.15) is 0 Å². The van der Waals surface area contributed by atoms with Crippen molar-refractivity contribution >= 4 is 23.3 Å². The molecule has 2 aromatic rings. The molecule has 2 N–H and O–H groups in total. The first kappa shape index (κ1) is 26.2. The number of benzene rings is 2. The molecule has 0 spiro atoms. The van der Waals surface area contributed by atoms with Crippen molar-refractivity contribution in [1.29, 1.82) is 0 Å². The summed E-state index contributed by atoms with van der Waals surface area (Å²) in [7, 11) is 2.98. The number of nitrogens with two attached hydrogens (primary N) is 1. The number of nitrogens with zero attached hydrogens (tertiary/aromatic N) is 1. The Bertz CT molecular complexity index is 988. The summed E-state index contributed by atoms with van der Waals surface area (Å²) < 4.78 is 19.8. The highest BCUT2D eigenvalue weighted by atomic mass is 16.6. The molecule has 0 radical (unpaired) electrons. The first-order valence-electron chi connectivity index (χ1n) is 9.72. The number of nitro benzene ring substituents is 1. The second kappa shape index (κ2) is 12.1. The van der Waals surface area contributed by atoms with Crippen molar-refractivity contribution in [3.05, 3.63) is 56.6 Å². The van der Waals surface area contributed by atoms with Crippen LogP contribution in [0.25, 0.3) is 0 Å². The molecular formula is C22H28N2O8. The third kappa shape index (κ3) is 6.59. The van der Waals surface area contributed by atoms with Gasteiger partial charge in [-0.3, -0.25) is 10.1 Å². The summed E-state index contributed by atoms with van der Waals surface area (Å²) in [6.07, 6.45) is 0. The van der Waals surface area contributed by atoms with Crippen LogP contribution in [-0.4, -0.2) is 44.3 Å². The predicted molar refractivity (Wildman–Crippen MR) is 118 cm³/mol.